The Morgan fingerprint density at radius 2 is 1.83 bits per heavy atom. The van der Waals surface area contributed by atoms with E-state index in [1.807, 2.05) is 0 Å². The lowest BCUT2D eigenvalue weighted by molar-refractivity contribution is -0.318. The third-order valence-electron chi connectivity index (χ3n) is 8.57. The van der Waals surface area contributed by atoms with Crippen LogP contribution in [-0.2, 0) is 47.6 Å². The Morgan fingerprint density at radius 1 is 1.11 bits per heavy atom. The van der Waals surface area contributed by atoms with Crippen molar-refractivity contribution in [3.8, 4) is 5.75 Å². The van der Waals surface area contributed by atoms with E-state index in [4.69, 9.17) is 28.4 Å². The molecule has 47 heavy (non-hydrogen) atoms. The van der Waals surface area contributed by atoms with Gasteiger partial charge in [0.1, 0.15) is 42.9 Å². The molecule has 1 fully saturated rings. The smallest absolute Gasteiger partial charge is 0.338 e. The number of aliphatic hydroxyl groups is 3. The molecule has 252 valence electrons. The number of hydrogen-bond acceptors (Lipinski definition) is 14. The molecule has 2 heterocycles. The van der Waals surface area contributed by atoms with Gasteiger partial charge in [0.2, 0.25) is 0 Å². The first-order valence-corrected chi connectivity index (χ1v) is 14.9. The van der Waals surface area contributed by atoms with Crippen LogP contribution in [0.1, 0.15) is 25.8 Å². The zero-order valence-corrected chi connectivity index (χ0v) is 25.8. The molecular formula is C33H36O14. The standard InChI is InChI=1S/C33H36O14/c1-16(44-25(36)11-6-18-4-7-19(35)8-5-18)22-14-33(47-31(22)41)13-12-20-21(30(40)42-3)9-10-23(26(20)33)45-32-29(39)28(38)27(37)24(46-32)15-43-17(2)34/h4-9,11-14,16,20,23-24,26-29,32,35,37-39H,10,15H2,1-3H3/b11-6+/t16-,20+,23+,24+,26+,27+,28-,29+,32+,33+/m0/s1. The molecule has 1 aromatic carbocycles. The first kappa shape index (κ1) is 34.0. The molecule has 2 aliphatic carbocycles. The predicted molar refractivity (Wildman–Crippen MR) is 159 cm³/mol. The van der Waals surface area contributed by atoms with Crippen LogP contribution in [0.15, 0.2) is 65.8 Å². The van der Waals surface area contributed by atoms with Crippen LogP contribution in [-0.4, -0.2) is 107 Å². The van der Waals surface area contributed by atoms with Gasteiger partial charge < -0.3 is 48.8 Å². The number of aliphatic hydroxyl groups excluding tert-OH is 3. The largest absolute Gasteiger partial charge is 0.508 e. The number of aromatic hydroxyl groups is 1. The summed E-state index contributed by atoms with van der Waals surface area (Å²) < 4.78 is 33.2. The summed E-state index contributed by atoms with van der Waals surface area (Å²) >= 11 is 0. The maximum atomic E-state index is 13.2. The molecule has 1 spiro atoms. The maximum Gasteiger partial charge on any atom is 0.338 e. The Balaban J connectivity index is 1.38. The van der Waals surface area contributed by atoms with E-state index in [9.17, 15) is 39.6 Å². The number of esters is 4. The van der Waals surface area contributed by atoms with E-state index in [2.05, 4.69) is 0 Å². The highest BCUT2D eigenvalue weighted by molar-refractivity contribution is 5.95. The average molecular weight is 657 g/mol. The molecule has 14 heteroatoms. The van der Waals surface area contributed by atoms with E-state index in [0.717, 1.165) is 6.92 Å². The zero-order chi connectivity index (χ0) is 34.0. The second-order valence-electron chi connectivity index (χ2n) is 11.6. The Morgan fingerprint density at radius 3 is 2.51 bits per heavy atom. The highest BCUT2D eigenvalue weighted by Gasteiger charge is 2.58. The quantitative estimate of drug-likeness (QED) is 0.125. The normalized spacial score (nSPS) is 33.5. The first-order valence-electron chi connectivity index (χ1n) is 14.9. The summed E-state index contributed by atoms with van der Waals surface area (Å²) in [5.41, 5.74) is -0.496. The molecule has 2 aliphatic heterocycles. The van der Waals surface area contributed by atoms with Gasteiger partial charge in [-0.1, -0.05) is 24.3 Å². The Bertz CT molecular complexity index is 1510. The monoisotopic (exact) mass is 656 g/mol. The number of benzene rings is 1. The number of carbonyl (C=O) groups excluding carboxylic acids is 4. The predicted octanol–water partition coefficient (Wildman–Crippen LogP) is 0.620. The minimum absolute atomic E-state index is 0.0449. The van der Waals surface area contributed by atoms with E-state index in [1.165, 1.54) is 44.4 Å². The summed E-state index contributed by atoms with van der Waals surface area (Å²) in [5, 5.41) is 41.1. The summed E-state index contributed by atoms with van der Waals surface area (Å²) in [5.74, 6) is -4.15. The van der Waals surface area contributed by atoms with Crippen molar-refractivity contribution in [2.75, 3.05) is 13.7 Å². The van der Waals surface area contributed by atoms with Crippen LogP contribution >= 0.6 is 0 Å². The fourth-order valence-electron chi connectivity index (χ4n) is 6.23. The lowest BCUT2D eigenvalue weighted by Crippen LogP contribution is -2.61. The third-order valence-corrected chi connectivity index (χ3v) is 8.57. The van der Waals surface area contributed by atoms with Gasteiger partial charge in [-0.15, -0.1) is 0 Å². The molecule has 0 unspecified atom stereocenters. The zero-order valence-electron chi connectivity index (χ0n) is 25.8. The van der Waals surface area contributed by atoms with Crippen molar-refractivity contribution in [2.45, 2.75) is 68.8 Å². The lowest BCUT2D eigenvalue weighted by atomic mass is 9.72. The van der Waals surface area contributed by atoms with Crippen molar-refractivity contribution in [1.82, 2.24) is 0 Å². The van der Waals surface area contributed by atoms with Crippen molar-refractivity contribution in [3.63, 3.8) is 0 Å². The fourth-order valence-corrected chi connectivity index (χ4v) is 6.23. The Hall–Kier alpha value is -4.34. The van der Waals surface area contributed by atoms with Gasteiger partial charge in [-0.3, -0.25) is 4.79 Å². The maximum absolute atomic E-state index is 13.2. The van der Waals surface area contributed by atoms with Crippen LogP contribution in [0.3, 0.4) is 0 Å². The van der Waals surface area contributed by atoms with Gasteiger partial charge in [0.15, 0.2) is 11.9 Å². The van der Waals surface area contributed by atoms with E-state index < -0.39 is 90.8 Å². The van der Waals surface area contributed by atoms with Gasteiger partial charge in [0.05, 0.1) is 18.8 Å². The summed E-state index contributed by atoms with van der Waals surface area (Å²) in [6.45, 7) is 2.25. The van der Waals surface area contributed by atoms with Crippen LogP contribution in [0.2, 0.25) is 0 Å². The molecule has 0 aromatic heterocycles. The highest BCUT2D eigenvalue weighted by atomic mass is 16.7. The van der Waals surface area contributed by atoms with Crippen LogP contribution in [0.25, 0.3) is 6.08 Å². The van der Waals surface area contributed by atoms with E-state index in [1.54, 1.807) is 30.4 Å². The van der Waals surface area contributed by atoms with Crippen LogP contribution < -0.4 is 0 Å². The Kier molecular flexibility index (Phi) is 9.98. The molecule has 5 rings (SSSR count). The van der Waals surface area contributed by atoms with Gasteiger partial charge >= 0.3 is 23.9 Å². The third kappa shape index (κ3) is 7.01. The second kappa shape index (κ2) is 13.8. The van der Waals surface area contributed by atoms with Crippen molar-refractivity contribution in [3.05, 3.63) is 71.4 Å². The van der Waals surface area contributed by atoms with Crippen molar-refractivity contribution in [2.24, 2.45) is 11.8 Å². The molecule has 10 atom stereocenters. The van der Waals surface area contributed by atoms with Crippen LogP contribution in [0.4, 0.5) is 0 Å². The number of methoxy groups -OCH3 is 1. The van der Waals surface area contributed by atoms with E-state index >= 15 is 0 Å². The molecule has 1 saturated heterocycles. The highest BCUT2D eigenvalue weighted by Crippen LogP contribution is 2.51. The average Bonchev–Trinajstić information content (AvgIpc) is 3.59. The summed E-state index contributed by atoms with van der Waals surface area (Å²) in [6, 6.07) is 6.13. The molecule has 0 amide bonds. The molecule has 14 nitrogen and oxygen atoms in total. The number of rotatable bonds is 9. The topological polar surface area (TPSA) is 205 Å². The number of allylic oxidation sites excluding steroid dienone is 1. The van der Waals surface area contributed by atoms with Crippen molar-refractivity contribution >= 4 is 30.0 Å². The van der Waals surface area contributed by atoms with Crippen molar-refractivity contribution < 1.29 is 68.0 Å². The molecule has 0 saturated carbocycles. The van der Waals surface area contributed by atoms with Gasteiger partial charge in [-0.25, -0.2) is 14.4 Å². The summed E-state index contributed by atoms with van der Waals surface area (Å²) in [4.78, 5) is 49.9. The number of hydrogen-bond donors (Lipinski definition) is 4. The molecular weight excluding hydrogens is 620 g/mol. The number of fused-ring (bicyclic) bond motifs is 2. The van der Waals surface area contributed by atoms with Crippen LogP contribution in [0, 0.1) is 11.8 Å². The van der Waals surface area contributed by atoms with E-state index in [0.29, 0.717) is 5.56 Å². The minimum atomic E-state index is -1.71. The molecule has 0 radical (unpaired) electrons. The number of phenols is 1. The summed E-state index contributed by atoms with van der Waals surface area (Å²) in [7, 11) is 1.23. The fraction of sp³-hybridized carbons (Fsp3) is 0.455. The molecule has 1 aromatic rings. The number of carbonyl (C=O) groups is 4. The van der Waals surface area contributed by atoms with Gasteiger partial charge in [-0.2, -0.15) is 0 Å². The first-order chi connectivity index (χ1) is 22.3. The SMILES string of the molecule is COC(=O)C1=CC[C@@H](O[C@@H]2O[C@H](COC(C)=O)[C@@H](O)[C@H](O)[C@H]2O)[C@H]2[C@@H]1C=C[C@@]21C=C([C@H](C)OC(=O)/C=C/c2ccc(O)cc2)C(=O)O1. The summed E-state index contributed by atoms with van der Waals surface area (Å²) in [6.07, 6.45) is -0.547. The van der Waals surface area contributed by atoms with Crippen LogP contribution in [0.5, 0.6) is 5.75 Å². The lowest BCUT2D eigenvalue weighted by Gasteiger charge is -2.45. The number of ether oxygens (including phenoxy) is 6. The van der Waals surface area contributed by atoms with E-state index in [-0.39, 0.29) is 23.3 Å². The minimum Gasteiger partial charge on any atom is -0.508 e. The van der Waals surface area contributed by atoms with Gasteiger partial charge in [-0.05, 0) is 49.3 Å². The van der Waals surface area contributed by atoms with Gasteiger partial charge in [0.25, 0.3) is 0 Å². The molecule has 4 aliphatic rings. The Labute approximate surface area is 269 Å². The number of phenolic OH excluding ortho intramolecular Hbond substituents is 1. The molecule has 4 N–H and O–H groups in total. The second-order valence-corrected chi connectivity index (χ2v) is 11.6. The van der Waals surface area contributed by atoms with Gasteiger partial charge in [0, 0.05) is 30.4 Å². The van der Waals surface area contributed by atoms with Crippen molar-refractivity contribution in [1.29, 1.82) is 0 Å². The molecule has 0 bridgehead atoms.